The van der Waals surface area contributed by atoms with E-state index in [0.29, 0.717) is 0 Å². The van der Waals surface area contributed by atoms with Crippen LogP contribution >= 0.6 is 33.9 Å². The van der Waals surface area contributed by atoms with Crippen LogP contribution in [0.15, 0.2) is 29.6 Å². The molecule has 0 saturated carbocycles. The fourth-order valence-electron chi connectivity index (χ4n) is 1.47. The van der Waals surface area contributed by atoms with Crippen molar-refractivity contribution in [3.05, 3.63) is 38.9 Å². The number of nitrogens with zero attached hydrogens (tertiary/aromatic N) is 1. The topological polar surface area (TPSA) is 24.9 Å². The molecule has 0 bridgehead atoms. The highest BCUT2D eigenvalue weighted by Crippen LogP contribution is 2.24. The van der Waals surface area contributed by atoms with Gasteiger partial charge in [0.05, 0.1) is 5.69 Å². The zero-order valence-corrected chi connectivity index (χ0v) is 13.8. The van der Waals surface area contributed by atoms with Crippen molar-refractivity contribution in [1.82, 2.24) is 10.3 Å². The van der Waals surface area contributed by atoms with Gasteiger partial charge < -0.3 is 5.32 Å². The van der Waals surface area contributed by atoms with Crippen molar-refractivity contribution < 1.29 is 0 Å². The van der Waals surface area contributed by atoms with Gasteiger partial charge in [0.25, 0.3) is 0 Å². The molecular weight excluding hydrogens is 355 g/mol. The van der Waals surface area contributed by atoms with Crippen LogP contribution in [-0.2, 0) is 6.54 Å². The van der Waals surface area contributed by atoms with Crippen LogP contribution in [0, 0.1) is 3.57 Å². The first-order valence-corrected chi connectivity index (χ1v) is 7.85. The number of thiazole rings is 1. The lowest BCUT2D eigenvalue weighted by Gasteiger charge is -2.19. The van der Waals surface area contributed by atoms with Gasteiger partial charge in [0.1, 0.15) is 5.01 Å². The van der Waals surface area contributed by atoms with Gasteiger partial charge in [-0.1, -0.05) is 12.1 Å². The van der Waals surface area contributed by atoms with Gasteiger partial charge in [-0.15, -0.1) is 11.3 Å². The first-order valence-electron chi connectivity index (χ1n) is 5.89. The van der Waals surface area contributed by atoms with Crippen molar-refractivity contribution in [3.8, 4) is 10.6 Å². The van der Waals surface area contributed by atoms with E-state index in [1.165, 1.54) is 9.13 Å². The van der Waals surface area contributed by atoms with Gasteiger partial charge >= 0.3 is 0 Å². The van der Waals surface area contributed by atoms with Gasteiger partial charge in [0, 0.05) is 26.6 Å². The van der Waals surface area contributed by atoms with Gasteiger partial charge in [-0.3, -0.25) is 0 Å². The van der Waals surface area contributed by atoms with Gasteiger partial charge in [0.15, 0.2) is 0 Å². The monoisotopic (exact) mass is 372 g/mol. The number of aromatic nitrogens is 1. The lowest BCUT2D eigenvalue weighted by atomic mass is 10.1. The smallest absolute Gasteiger partial charge is 0.123 e. The molecule has 0 fully saturated rings. The van der Waals surface area contributed by atoms with E-state index in [9.17, 15) is 0 Å². The Morgan fingerprint density at radius 1 is 1.22 bits per heavy atom. The van der Waals surface area contributed by atoms with Crippen molar-refractivity contribution >= 4 is 33.9 Å². The third-order valence-corrected chi connectivity index (χ3v) is 4.10. The summed E-state index contributed by atoms with van der Waals surface area (Å²) in [6.45, 7) is 7.32. The van der Waals surface area contributed by atoms with Gasteiger partial charge in [0.2, 0.25) is 0 Å². The maximum atomic E-state index is 4.67. The van der Waals surface area contributed by atoms with Crippen LogP contribution in [0.1, 0.15) is 26.5 Å². The molecule has 0 spiro atoms. The predicted octanol–water partition coefficient (Wildman–Crippen LogP) is 4.30. The molecule has 96 valence electrons. The molecule has 0 unspecified atom stereocenters. The largest absolute Gasteiger partial charge is 0.306 e. The standard InChI is InChI=1S/C14H17IN2S/c1-14(2,3)16-8-12-9-18-13(17-12)10-4-6-11(15)7-5-10/h4-7,9,16H,8H2,1-3H3. The van der Waals surface area contributed by atoms with E-state index in [1.807, 2.05) is 0 Å². The molecule has 2 nitrogen and oxygen atoms in total. The lowest BCUT2D eigenvalue weighted by Crippen LogP contribution is -2.35. The Hall–Kier alpha value is -0.460. The van der Waals surface area contributed by atoms with E-state index in [-0.39, 0.29) is 5.54 Å². The average Bonchev–Trinajstić information content (AvgIpc) is 2.75. The Bertz CT molecular complexity index is 511. The maximum Gasteiger partial charge on any atom is 0.123 e. The average molecular weight is 372 g/mol. The summed E-state index contributed by atoms with van der Waals surface area (Å²) in [7, 11) is 0. The summed E-state index contributed by atoms with van der Waals surface area (Å²) in [6, 6.07) is 8.48. The lowest BCUT2D eigenvalue weighted by molar-refractivity contribution is 0.422. The molecule has 0 amide bonds. The third-order valence-electron chi connectivity index (χ3n) is 2.44. The molecule has 0 aliphatic carbocycles. The number of hydrogen-bond donors (Lipinski definition) is 1. The quantitative estimate of drug-likeness (QED) is 0.813. The summed E-state index contributed by atoms with van der Waals surface area (Å²) in [5, 5.41) is 6.68. The summed E-state index contributed by atoms with van der Waals surface area (Å²) in [5.41, 5.74) is 2.44. The molecule has 2 aromatic rings. The summed E-state index contributed by atoms with van der Waals surface area (Å²) in [6.07, 6.45) is 0. The Kier molecular flexibility index (Phi) is 4.40. The number of benzene rings is 1. The molecule has 2 rings (SSSR count). The van der Waals surface area contributed by atoms with E-state index in [4.69, 9.17) is 0 Å². The molecule has 1 N–H and O–H groups in total. The van der Waals surface area contributed by atoms with Crippen molar-refractivity contribution in [2.75, 3.05) is 0 Å². The molecule has 0 radical (unpaired) electrons. The highest BCUT2D eigenvalue weighted by Gasteiger charge is 2.10. The summed E-state index contributed by atoms with van der Waals surface area (Å²) >= 11 is 4.02. The molecule has 0 aliphatic rings. The zero-order valence-electron chi connectivity index (χ0n) is 10.8. The fraction of sp³-hybridized carbons (Fsp3) is 0.357. The maximum absolute atomic E-state index is 4.67. The summed E-state index contributed by atoms with van der Waals surface area (Å²) in [5.74, 6) is 0. The van der Waals surface area contributed by atoms with Crippen LogP contribution in [0.2, 0.25) is 0 Å². The van der Waals surface area contributed by atoms with Gasteiger partial charge in [-0.25, -0.2) is 4.98 Å². The van der Waals surface area contributed by atoms with Crippen molar-refractivity contribution in [2.45, 2.75) is 32.9 Å². The third kappa shape index (κ3) is 4.03. The number of nitrogens with one attached hydrogen (secondary N) is 1. The van der Waals surface area contributed by atoms with Crippen molar-refractivity contribution in [3.63, 3.8) is 0 Å². The molecule has 0 aliphatic heterocycles. The van der Waals surface area contributed by atoms with E-state index in [0.717, 1.165) is 17.2 Å². The SMILES string of the molecule is CC(C)(C)NCc1csc(-c2ccc(I)cc2)n1. The minimum Gasteiger partial charge on any atom is -0.306 e. The van der Waals surface area contributed by atoms with E-state index in [1.54, 1.807) is 11.3 Å². The molecule has 1 aromatic heterocycles. The molecule has 18 heavy (non-hydrogen) atoms. The first kappa shape index (κ1) is 14.0. The Labute approximate surface area is 126 Å². The number of rotatable bonds is 3. The summed E-state index contributed by atoms with van der Waals surface area (Å²) in [4.78, 5) is 4.67. The van der Waals surface area contributed by atoms with Crippen LogP contribution in [-0.4, -0.2) is 10.5 Å². The molecule has 4 heteroatoms. The molecule has 1 heterocycles. The highest BCUT2D eigenvalue weighted by molar-refractivity contribution is 14.1. The Morgan fingerprint density at radius 2 is 1.89 bits per heavy atom. The number of halogens is 1. The van der Waals surface area contributed by atoms with Crippen LogP contribution < -0.4 is 5.32 Å². The van der Waals surface area contributed by atoms with E-state index >= 15 is 0 Å². The van der Waals surface area contributed by atoms with Crippen LogP contribution in [0.4, 0.5) is 0 Å². The van der Waals surface area contributed by atoms with Crippen LogP contribution in [0.25, 0.3) is 10.6 Å². The van der Waals surface area contributed by atoms with Crippen molar-refractivity contribution in [1.29, 1.82) is 0 Å². The van der Waals surface area contributed by atoms with E-state index < -0.39 is 0 Å². The van der Waals surface area contributed by atoms with Crippen molar-refractivity contribution in [2.24, 2.45) is 0 Å². The fourth-order valence-corrected chi connectivity index (χ4v) is 2.65. The van der Waals surface area contributed by atoms with E-state index in [2.05, 4.69) is 83.3 Å². The molecular formula is C14H17IN2S. The minimum atomic E-state index is 0.132. The number of hydrogen-bond acceptors (Lipinski definition) is 3. The second-order valence-electron chi connectivity index (χ2n) is 5.25. The second kappa shape index (κ2) is 5.67. The van der Waals surface area contributed by atoms with Gasteiger partial charge in [-0.2, -0.15) is 0 Å². The van der Waals surface area contributed by atoms with Gasteiger partial charge in [-0.05, 0) is 55.5 Å². The summed E-state index contributed by atoms with van der Waals surface area (Å²) < 4.78 is 1.25. The Morgan fingerprint density at radius 3 is 2.50 bits per heavy atom. The second-order valence-corrected chi connectivity index (χ2v) is 7.36. The Balaban J connectivity index is 2.08. The predicted molar refractivity (Wildman–Crippen MR) is 86.9 cm³/mol. The first-order chi connectivity index (χ1) is 8.44. The van der Waals surface area contributed by atoms with Crippen LogP contribution in [0.3, 0.4) is 0 Å². The molecule has 0 atom stereocenters. The minimum absolute atomic E-state index is 0.132. The highest BCUT2D eigenvalue weighted by atomic mass is 127. The zero-order chi connectivity index (χ0) is 13.2. The molecule has 1 aromatic carbocycles. The normalized spacial score (nSPS) is 11.8. The van der Waals surface area contributed by atoms with Crippen LogP contribution in [0.5, 0.6) is 0 Å². The molecule has 0 saturated heterocycles.